The number of hydrogen-bond acceptors (Lipinski definition) is 4. The Morgan fingerprint density at radius 2 is 1.79 bits per heavy atom. The van der Waals surface area contributed by atoms with Gasteiger partial charge in [0.25, 0.3) is 0 Å². The number of likely N-dealkylation sites (tertiary alicyclic amines) is 1. The Labute approximate surface area is 195 Å². The smallest absolute Gasteiger partial charge is 0.227 e. The van der Waals surface area contributed by atoms with Gasteiger partial charge in [0.15, 0.2) is 0 Å². The molecule has 1 aliphatic heterocycles. The highest BCUT2D eigenvalue weighted by Gasteiger charge is 2.31. The molecule has 0 radical (unpaired) electrons. The monoisotopic (exact) mass is 455 g/mol. The fraction of sp³-hybridized carbons (Fsp3) is 0.462. The molecule has 1 fully saturated rings. The van der Waals surface area contributed by atoms with Gasteiger partial charge in [0.1, 0.15) is 11.6 Å². The average molecular weight is 456 g/mol. The van der Waals surface area contributed by atoms with Crippen molar-refractivity contribution < 1.29 is 18.7 Å². The lowest BCUT2D eigenvalue weighted by molar-refractivity contribution is -0.141. The maximum Gasteiger partial charge on any atom is 0.227 e. The molecule has 1 heterocycles. The number of halogens is 1. The Kier molecular flexibility index (Phi) is 9.24. The van der Waals surface area contributed by atoms with Crippen LogP contribution in [0.25, 0.3) is 0 Å². The number of carbonyl (C=O) groups excluding carboxylic acids is 2. The summed E-state index contributed by atoms with van der Waals surface area (Å²) in [6.07, 6.45) is 1.86. The number of benzene rings is 2. The number of likely N-dealkylation sites (N-methyl/N-ethyl adjacent to an activating group) is 1. The lowest BCUT2D eigenvalue weighted by atomic mass is 9.96. The summed E-state index contributed by atoms with van der Waals surface area (Å²) in [5.41, 5.74) is 0.894. The van der Waals surface area contributed by atoms with Crippen molar-refractivity contribution in [1.29, 1.82) is 0 Å². The van der Waals surface area contributed by atoms with E-state index in [2.05, 4.69) is 0 Å². The lowest BCUT2D eigenvalue weighted by Gasteiger charge is -2.35. The Balaban J connectivity index is 1.57. The van der Waals surface area contributed by atoms with Gasteiger partial charge in [0, 0.05) is 32.7 Å². The normalized spacial score (nSPS) is 16.0. The van der Waals surface area contributed by atoms with Crippen molar-refractivity contribution in [3.8, 4) is 5.75 Å². The van der Waals surface area contributed by atoms with E-state index in [1.165, 1.54) is 12.1 Å². The second-order valence-corrected chi connectivity index (χ2v) is 8.78. The third-order valence-corrected chi connectivity index (χ3v) is 5.87. The second kappa shape index (κ2) is 12.3. The van der Waals surface area contributed by atoms with Crippen molar-refractivity contribution in [3.63, 3.8) is 0 Å². The first kappa shape index (κ1) is 24.7. The third-order valence-electron chi connectivity index (χ3n) is 5.87. The maximum atomic E-state index is 13.4. The molecule has 1 aliphatic rings. The number of amides is 2. The van der Waals surface area contributed by atoms with E-state index >= 15 is 0 Å². The van der Waals surface area contributed by atoms with E-state index in [-0.39, 0.29) is 30.0 Å². The highest BCUT2D eigenvalue weighted by atomic mass is 19.1. The van der Waals surface area contributed by atoms with E-state index in [1.807, 2.05) is 54.2 Å². The molecule has 1 saturated heterocycles. The first-order valence-electron chi connectivity index (χ1n) is 11.6. The standard InChI is InChI=1S/C26H34FN3O3/c1-28(2)16-17-30(19-21-10-12-23(27)13-11-21)26(32)22-7-6-15-29(20-22)25(31)14-18-33-24-8-4-3-5-9-24/h3-5,8-13,22H,6-7,14-20H2,1-2H3. The van der Waals surface area contributed by atoms with Gasteiger partial charge in [-0.15, -0.1) is 0 Å². The van der Waals surface area contributed by atoms with Gasteiger partial charge < -0.3 is 19.4 Å². The lowest BCUT2D eigenvalue weighted by Crippen LogP contribution is -2.47. The third kappa shape index (κ3) is 7.86. The minimum atomic E-state index is -0.289. The zero-order valence-corrected chi connectivity index (χ0v) is 19.6. The van der Waals surface area contributed by atoms with E-state index < -0.39 is 0 Å². The summed E-state index contributed by atoms with van der Waals surface area (Å²) < 4.78 is 19.0. The summed E-state index contributed by atoms with van der Waals surface area (Å²) in [5, 5.41) is 0. The predicted octanol–water partition coefficient (Wildman–Crippen LogP) is 3.42. The van der Waals surface area contributed by atoms with Crippen molar-refractivity contribution in [2.24, 2.45) is 5.92 Å². The van der Waals surface area contributed by atoms with Gasteiger partial charge in [0.2, 0.25) is 11.8 Å². The molecule has 7 heteroatoms. The van der Waals surface area contributed by atoms with Gasteiger partial charge in [-0.3, -0.25) is 9.59 Å². The summed E-state index contributed by atoms with van der Waals surface area (Å²) in [5.74, 6) is 0.304. The van der Waals surface area contributed by atoms with Crippen molar-refractivity contribution >= 4 is 11.8 Å². The molecule has 0 spiro atoms. The molecular weight excluding hydrogens is 421 g/mol. The Hall–Kier alpha value is -2.93. The van der Waals surface area contributed by atoms with E-state index in [0.29, 0.717) is 32.8 Å². The van der Waals surface area contributed by atoms with Crippen LogP contribution in [-0.2, 0) is 16.1 Å². The van der Waals surface area contributed by atoms with Crippen molar-refractivity contribution in [1.82, 2.24) is 14.7 Å². The molecule has 2 amide bonds. The molecule has 2 aromatic carbocycles. The molecule has 33 heavy (non-hydrogen) atoms. The number of piperidine rings is 1. The van der Waals surface area contributed by atoms with Crippen LogP contribution in [0.4, 0.5) is 4.39 Å². The van der Waals surface area contributed by atoms with Crippen LogP contribution >= 0.6 is 0 Å². The minimum absolute atomic E-state index is 0.0156. The number of para-hydroxylation sites is 1. The fourth-order valence-electron chi connectivity index (χ4n) is 3.99. The number of hydrogen-bond donors (Lipinski definition) is 0. The molecule has 0 bridgehead atoms. The number of rotatable bonds is 10. The zero-order valence-electron chi connectivity index (χ0n) is 19.6. The fourth-order valence-corrected chi connectivity index (χ4v) is 3.99. The molecule has 178 valence electrons. The van der Waals surface area contributed by atoms with Gasteiger partial charge >= 0.3 is 0 Å². The summed E-state index contributed by atoms with van der Waals surface area (Å²) >= 11 is 0. The van der Waals surface area contributed by atoms with E-state index in [1.54, 1.807) is 17.0 Å². The van der Waals surface area contributed by atoms with Crippen LogP contribution in [0.2, 0.25) is 0 Å². The predicted molar refractivity (Wildman–Crippen MR) is 126 cm³/mol. The Morgan fingerprint density at radius 3 is 2.48 bits per heavy atom. The summed E-state index contributed by atoms with van der Waals surface area (Å²) in [7, 11) is 3.94. The van der Waals surface area contributed by atoms with E-state index in [9.17, 15) is 14.0 Å². The van der Waals surface area contributed by atoms with E-state index in [4.69, 9.17) is 4.74 Å². The van der Waals surface area contributed by atoms with E-state index in [0.717, 1.165) is 30.7 Å². The van der Waals surface area contributed by atoms with Crippen LogP contribution in [0.5, 0.6) is 5.75 Å². The summed E-state index contributed by atoms with van der Waals surface area (Å²) in [6, 6.07) is 15.7. The molecule has 1 unspecified atom stereocenters. The van der Waals surface area contributed by atoms with Gasteiger partial charge in [-0.2, -0.15) is 0 Å². The molecule has 0 saturated carbocycles. The van der Waals surface area contributed by atoms with Crippen LogP contribution in [0.15, 0.2) is 54.6 Å². The van der Waals surface area contributed by atoms with Gasteiger partial charge in [-0.05, 0) is 56.8 Å². The second-order valence-electron chi connectivity index (χ2n) is 8.78. The first-order valence-corrected chi connectivity index (χ1v) is 11.6. The van der Waals surface area contributed by atoms with Crippen LogP contribution in [0.3, 0.4) is 0 Å². The van der Waals surface area contributed by atoms with Gasteiger partial charge in [-0.1, -0.05) is 30.3 Å². The number of ether oxygens (including phenoxy) is 1. The number of carbonyl (C=O) groups is 2. The van der Waals surface area contributed by atoms with Crippen LogP contribution in [-0.4, -0.2) is 73.4 Å². The van der Waals surface area contributed by atoms with Crippen molar-refractivity contribution in [3.05, 3.63) is 66.0 Å². The van der Waals surface area contributed by atoms with Crippen molar-refractivity contribution in [2.45, 2.75) is 25.8 Å². The zero-order chi connectivity index (χ0) is 23.6. The van der Waals surface area contributed by atoms with Crippen LogP contribution in [0, 0.1) is 11.7 Å². The maximum absolute atomic E-state index is 13.4. The quantitative estimate of drug-likeness (QED) is 0.551. The molecule has 0 N–H and O–H groups in total. The molecule has 0 aliphatic carbocycles. The largest absolute Gasteiger partial charge is 0.493 e. The highest BCUT2D eigenvalue weighted by Crippen LogP contribution is 2.21. The summed E-state index contributed by atoms with van der Waals surface area (Å²) in [4.78, 5) is 31.8. The molecule has 0 aromatic heterocycles. The minimum Gasteiger partial charge on any atom is -0.493 e. The number of nitrogens with zero attached hydrogens (tertiary/aromatic N) is 3. The van der Waals surface area contributed by atoms with Gasteiger partial charge in [0.05, 0.1) is 18.9 Å². The topological polar surface area (TPSA) is 53.1 Å². The van der Waals surface area contributed by atoms with Gasteiger partial charge in [-0.25, -0.2) is 4.39 Å². The Bertz CT molecular complexity index is 889. The van der Waals surface area contributed by atoms with Crippen LogP contribution in [0.1, 0.15) is 24.8 Å². The van der Waals surface area contributed by atoms with Crippen molar-refractivity contribution in [2.75, 3.05) is 46.9 Å². The highest BCUT2D eigenvalue weighted by molar-refractivity contribution is 5.81. The molecule has 6 nitrogen and oxygen atoms in total. The Morgan fingerprint density at radius 1 is 1.06 bits per heavy atom. The molecule has 1 atom stereocenters. The SMILES string of the molecule is CN(C)CCN(Cc1ccc(F)cc1)C(=O)C1CCCN(C(=O)CCOc2ccccc2)C1. The molecule has 2 aromatic rings. The molecular formula is C26H34FN3O3. The average Bonchev–Trinajstić information content (AvgIpc) is 2.83. The summed E-state index contributed by atoms with van der Waals surface area (Å²) in [6.45, 7) is 3.17. The van der Waals surface area contributed by atoms with Crippen LogP contribution < -0.4 is 4.74 Å². The first-order chi connectivity index (χ1) is 15.9. The molecule has 3 rings (SSSR count).